The number of sulfonamides is 1. The zero-order valence-corrected chi connectivity index (χ0v) is 27.6. The lowest BCUT2D eigenvalue weighted by atomic mass is 10.0. The van der Waals surface area contributed by atoms with E-state index in [4.69, 9.17) is 9.47 Å². The Morgan fingerprint density at radius 3 is 1.96 bits per heavy atom. The van der Waals surface area contributed by atoms with Crippen LogP contribution in [0, 0.1) is 0 Å². The lowest BCUT2D eigenvalue weighted by Crippen LogP contribution is -2.54. The van der Waals surface area contributed by atoms with Crippen LogP contribution in [0.15, 0.2) is 114 Å². The Labute approximate surface area is 277 Å². The fourth-order valence-electron chi connectivity index (χ4n) is 5.93. The number of anilines is 1. The summed E-state index contributed by atoms with van der Waals surface area (Å²) in [6, 6.07) is 30.8. The first-order valence-corrected chi connectivity index (χ1v) is 17.2. The van der Waals surface area contributed by atoms with Gasteiger partial charge < -0.3 is 19.7 Å². The van der Waals surface area contributed by atoms with Crippen LogP contribution in [0.3, 0.4) is 0 Å². The standard InChI is InChI=1S/C37H41N3O6S/c1-45-34-23-22-31(25-35(34)46-2)40(47(43,44)32-20-10-5-11-21-32)27-36(41)39(26-29-16-8-4-9-17-29)33(24-28-14-6-3-7-15-28)37(42)38-30-18-12-13-19-30/h3-11,14-17,20-23,25,30,33H,12-13,18-19,24,26-27H2,1-2H3,(H,38,42)/t33-/m0/s1. The van der Waals surface area contributed by atoms with Gasteiger partial charge in [0.15, 0.2) is 11.5 Å². The van der Waals surface area contributed by atoms with Gasteiger partial charge in [0, 0.05) is 25.1 Å². The van der Waals surface area contributed by atoms with Crippen molar-refractivity contribution < 1.29 is 27.5 Å². The van der Waals surface area contributed by atoms with Crippen molar-refractivity contribution in [2.75, 3.05) is 25.1 Å². The summed E-state index contributed by atoms with van der Waals surface area (Å²) in [5.74, 6) is -0.0548. The van der Waals surface area contributed by atoms with E-state index >= 15 is 0 Å². The van der Waals surface area contributed by atoms with Crippen molar-refractivity contribution in [1.29, 1.82) is 0 Å². The molecule has 0 aromatic heterocycles. The summed E-state index contributed by atoms with van der Waals surface area (Å²) >= 11 is 0. The Balaban J connectivity index is 1.57. The number of benzene rings is 4. The van der Waals surface area contributed by atoms with Crippen LogP contribution in [-0.4, -0.2) is 58.0 Å². The van der Waals surface area contributed by atoms with Gasteiger partial charge in [-0.3, -0.25) is 13.9 Å². The van der Waals surface area contributed by atoms with Crippen molar-refractivity contribution in [2.24, 2.45) is 0 Å². The highest BCUT2D eigenvalue weighted by Gasteiger charge is 2.35. The molecular formula is C37H41N3O6S. The summed E-state index contributed by atoms with van der Waals surface area (Å²) in [6.45, 7) is -0.442. The molecule has 4 aromatic carbocycles. The first-order chi connectivity index (χ1) is 22.8. The second-order valence-corrected chi connectivity index (χ2v) is 13.4. The first kappa shape index (κ1) is 33.5. The zero-order chi connectivity index (χ0) is 33.2. The van der Waals surface area contributed by atoms with Crippen molar-refractivity contribution >= 4 is 27.5 Å². The van der Waals surface area contributed by atoms with Crippen molar-refractivity contribution in [3.05, 3.63) is 120 Å². The van der Waals surface area contributed by atoms with E-state index in [2.05, 4.69) is 5.32 Å². The second-order valence-electron chi connectivity index (χ2n) is 11.6. The van der Waals surface area contributed by atoms with Crippen LogP contribution >= 0.6 is 0 Å². The minimum Gasteiger partial charge on any atom is -0.493 e. The van der Waals surface area contributed by atoms with Crippen molar-refractivity contribution in [1.82, 2.24) is 10.2 Å². The molecule has 0 heterocycles. The lowest BCUT2D eigenvalue weighted by Gasteiger charge is -2.34. The summed E-state index contributed by atoms with van der Waals surface area (Å²) in [4.78, 5) is 30.3. The fraction of sp³-hybridized carbons (Fsp3) is 0.297. The maximum Gasteiger partial charge on any atom is 0.264 e. The third-order valence-corrected chi connectivity index (χ3v) is 10.2. The maximum atomic E-state index is 14.6. The Kier molecular flexibility index (Phi) is 11.2. The number of hydrogen-bond acceptors (Lipinski definition) is 6. The second kappa shape index (κ2) is 15.6. The molecule has 47 heavy (non-hydrogen) atoms. The van der Waals surface area contributed by atoms with Crippen LogP contribution in [0.25, 0.3) is 0 Å². The molecule has 4 aromatic rings. The molecule has 1 N–H and O–H groups in total. The molecule has 0 unspecified atom stereocenters. The van der Waals surface area contributed by atoms with E-state index in [0.717, 1.165) is 41.1 Å². The highest BCUT2D eigenvalue weighted by atomic mass is 32.2. The molecule has 1 fully saturated rings. The summed E-state index contributed by atoms with van der Waals surface area (Å²) in [6.07, 6.45) is 4.12. The zero-order valence-electron chi connectivity index (χ0n) is 26.7. The third-order valence-electron chi connectivity index (χ3n) is 8.43. The molecule has 1 aliphatic rings. The van der Waals surface area contributed by atoms with E-state index in [9.17, 15) is 18.0 Å². The van der Waals surface area contributed by atoms with Crippen LogP contribution in [0.5, 0.6) is 11.5 Å². The number of hydrogen-bond donors (Lipinski definition) is 1. The predicted octanol–water partition coefficient (Wildman–Crippen LogP) is 5.60. The van der Waals surface area contributed by atoms with Crippen LogP contribution in [0.4, 0.5) is 5.69 Å². The molecule has 1 aliphatic carbocycles. The fourth-order valence-corrected chi connectivity index (χ4v) is 7.36. The molecule has 0 spiro atoms. The van der Waals surface area contributed by atoms with Crippen LogP contribution < -0.4 is 19.1 Å². The highest BCUT2D eigenvalue weighted by Crippen LogP contribution is 2.34. The van der Waals surface area contributed by atoms with E-state index in [1.54, 1.807) is 30.3 Å². The largest absolute Gasteiger partial charge is 0.493 e. The molecule has 0 aliphatic heterocycles. The Hall–Kier alpha value is -4.83. The monoisotopic (exact) mass is 655 g/mol. The smallest absolute Gasteiger partial charge is 0.264 e. The van der Waals surface area contributed by atoms with Gasteiger partial charge in [-0.05, 0) is 48.2 Å². The first-order valence-electron chi connectivity index (χ1n) is 15.8. The number of rotatable bonds is 14. The molecule has 1 saturated carbocycles. The van der Waals surface area contributed by atoms with Crippen LogP contribution in [0.1, 0.15) is 36.8 Å². The van der Waals surface area contributed by atoms with Gasteiger partial charge in [-0.2, -0.15) is 0 Å². The van der Waals surface area contributed by atoms with Gasteiger partial charge in [-0.15, -0.1) is 0 Å². The van der Waals surface area contributed by atoms with Gasteiger partial charge in [0.2, 0.25) is 11.8 Å². The van der Waals surface area contributed by atoms with E-state index in [1.807, 2.05) is 60.7 Å². The van der Waals surface area contributed by atoms with E-state index in [1.165, 1.54) is 37.3 Å². The molecule has 246 valence electrons. The molecule has 5 rings (SSSR count). The van der Waals surface area contributed by atoms with Crippen molar-refractivity contribution in [3.63, 3.8) is 0 Å². The molecular weight excluding hydrogens is 614 g/mol. The lowest BCUT2D eigenvalue weighted by molar-refractivity contribution is -0.140. The van der Waals surface area contributed by atoms with Gasteiger partial charge in [0.05, 0.1) is 24.8 Å². The maximum absolute atomic E-state index is 14.6. The van der Waals surface area contributed by atoms with Crippen LogP contribution in [-0.2, 0) is 32.6 Å². The van der Waals surface area contributed by atoms with Gasteiger partial charge in [0.25, 0.3) is 10.0 Å². The Morgan fingerprint density at radius 2 is 1.36 bits per heavy atom. The topological polar surface area (TPSA) is 105 Å². The third kappa shape index (κ3) is 8.31. The quantitative estimate of drug-likeness (QED) is 0.190. The van der Waals surface area contributed by atoms with Gasteiger partial charge in [-0.1, -0.05) is 91.7 Å². The highest BCUT2D eigenvalue weighted by molar-refractivity contribution is 7.92. The summed E-state index contributed by atoms with van der Waals surface area (Å²) in [7, 11) is -1.28. The van der Waals surface area contributed by atoms with Crippen molar-refractivity contribution in [3.8, 4) is 11.5 Å². The Bertz CT molecular complexity index is 1730. The number of amides is 2. The SMILES string of the molecule is COc1ccc(N(CC(=O)N(Cc2ccccc2)[C@@H](Cc2ccccc2)C(=O)NC2CCCC2)S(=O)(=O)c2ccccc2)cc1OC. The minimum atomic E-state index is -4.23. The van der Waals surface area contributed by atoms with E-state index in [0.29, 0.717) is 11.5 Å². The normalized spacial score (nSPS) is 13.8. The molecule has 0 bridgehead atoms. The molecule has 0 radical (unpaired) electrons. The van der Waals surface area contributed by atoms with Crippen LogP contribution in [0.2, 0.25) is 0 Å². The molecule has 2 amide bonds. The average Bonchev–Trinajstić information content (AvgIpc) is 3.62. The molecule has 1 atom stereocenters. The van der Waals surface area contributed by atoms with E-state index in [-0.39, 0.29) is 35.5 Å². The predicted molar refractivity (Wildman–Crippen MR) is 182 cm³/mol. The Morgan fingerprint density at radius 1 is 0.787 bits per heavy atom. The molecule has 10 heteroatoms. The number of ether oxygens (including phenoxy) is 2. The number of nitrogens with one attached hydrogen (secondary N) is 1. The van der Waals surface area contributed by atoms with Crippen molar-refractivity contribution in [2.45, 2.75) is 55.6 Å². The molecule has 0 saturated heterocycles. The number of nitrogens with zero attached hydrogens (tertiary/aromatic N) is 2. The number of carbonyl (C=O) groups excluding carboxylic acids is 2. The number of methoxy groups -OCH3 is 2. The van der Waals surface area contributed by atoms with Gasteiger partial charge >= 0.3 is 0 Å². The van der Waals surface area contributed by atoms with Gasteiger partial charge in [0.1, 0.15) is 12.6 Å². The average molecular weight is 656 g/mol. The summed E-state index contributed by atoms with van der Waals surface area (Å²) in [5, 5.41) is 3.19. The molecule has 9 nitrogen and oxygen atoms in total. The minimum absolute atomic E-state index is 0.0250. The van der Waals surface area contributed by atoms with Gasteiger partial charge in [-0.25, -0.2) is 8.42 Å². The van der Waals surface area contributed by atoms with E-state index < -0.39 is 28.5 Å². The summed E-state index contributed by atoms with van der Waals surface area (Å²) < 4.78 is 40.4. The number of carbonyl (C=O) groups is 2. The summed E-state index contributed by atoms with van der Waals surface area (Å²) in [5.41, 5.74) is 1.92.